The number of hydrogen-bond acceptors (Lipinski definition) is 2. The first-order chi connectivity index (χ1) is 9.51. The first kappa shape index (κ1) is 15.7. The highest BCUT2D eigenvalue weighted by atomic mass is 19.1. The normalized spacial score (nSPS) is 33.1. The van der Waals surface area contributed by atoms with Crippen LogP contribution < -0.4 is 0 Å². The Kier molecular flexibility index (Phi) is 5.39. The Hall–Kier alpha value is -0.670. The van der Waals surface area contributed by atoms with Crippen molar-refractivity contribution in [2.75, 3.05) is 27.2 Å². The quantitative estimate of drug-likeness (QED) is 0.726. The molecule has 0 aliphatic carbocycles. The number of hydrogen-bond donors (Lipinski definition) is 0. The first-order valence-corrected chi connectivity index (χ1v) is 7.87. The van der Waals surface area contributed by atoms with Crippen molar-refractivity contribution in [1.29, 1.82) is 0 Å². The summed E-state index contributed by atoms with van der Waals surface area (Å²) in [6.07, 6.45) is 7.64. The summed E-state index contributed by atoms with van der Waals surface area (Å²) in [7, 11) is 4.33. The van der Waals surface area contributed by atoms with E-state index in [9.17, 15) is 4.39 Å². The van der Waals surface area contributed by atoms with Crippen LogP contribution in [0.4, 0.5) is 4.39 Å². The van der Waals surface area contributed by atoms with Gasteiger partial charge in [-0.15, -0.1) is 0 Å². The van der Waals surface area contributed by atoms with Crippen LogP contribution in [0.25, 0.3) is 0 Å². The number of allylic oxidation sites excluding steroid dienone is 1. The second-order valence-corrected chi connectivity index (χ2v) is 6.91. The molecule has 2 heterocycles. The van der Waals surface area contributed by atoms with E-state index in [0.717, 1.165) is 50.2 Å². The first-order valence-electron chi connectivity index (χ1n) is 7.87. The van der Waals surface area contributed by atoms with Gasteiger partial charge in [0, 0.05) is 25.2 Å². The van der Waals surface area contributed by atoms with E-state index in [0.29, 0.717) is 12.1 Å². The molecule has 2 saturated heterocycles. The van der Waals surface area contributed by atoms with Gasteiger partial charge in [-0.1, -0.05) is 25.5 Å². The number of halogens is 1. The van der Waals surface area contributed by atoms with Crippen LogP contribution in [0.3, 0.4) is 0 Å². The number of rotatable bonds is 4. The fourth-order valence-electron chi connectivity index (χ4n) is 3.67. The lowest BCUT2D eigenvalue weighted by atomic mass is 9.99. The third-order valence-corrected chi connectivity index (χ3v) is 4.92. The van der Waals surface area contributed by atoms with E-state index in [1.807, 2.05) is 0 Å². The molecule has 0 spiro atoms. The minimum absolute atomic E-state index is 0.522. The molecular weight excluding hydrogens is 251 g/mol. The molecule has 2 unspecified atom stereocenters. The zero-order valence-electron chi connectivity index (χ0n) is 13.4. The standard InChI is InChI=1S/C17H29FN2/c1-13(2)17-9-14(11-20(17)4)6-5-7-16-8-15(10-18)12-19(16)3/h6,10,13,16-17H,5,7-9,11-12H2,1-4H3/b14-6+,15-10-. The fourth-order valence-corrected chi connectivity index (χ4v) is 3.67. The predicted octanol–water partition coefficient (Wildman–Crippen LogP) is 3.61. The van der Waals surface area contributed by atoms with Crippen molar-refractivity contribution >= 4 is 0 Å². The van der Waals surface area contributed by atoms with Crippen LogP contribution in [0.2, 0.25) is 0 Å². The van der Waals surface area contributed by atoms with Crippen molar-refractivity contribution in [2.24, 2.45) is 5.92 Å². The molecule has 2 aliphatic heterocycles. The fraction of sp³-hybridized carbons (Fsp3) is 0.765. The molecule has 0 aromatic carbocycles. The maximum atomic E-state index is 12.6. The van der Waals surface area contributed by atoms with Gasteiger partial charge in [0.05, 0.1) is 6.33 Å². The lowest BCUT2D eigenvalue weighted by Gasteiger charge is -2.22. The Bertz CT molecular complexity index is 386. The summed E-state index contributed by atoms with van der Waals surface area (Å²) in [5, 5.41) is 0. The average molecular weight is 280 g/mol. The van der Waals surface area contributed by atoms with Crippen molar-refractivity contribution in [1.82, 2.24) is 9.80 Å². The van der Waals surface area contributed by atoms with Gasteiger partial charge in [0.1, 0.15) is 0 Å². The van der Waals surface area contributed by atoms with Crippen molar-refractivity contribution in [3.05, 3.63) is 23.6 Å². The molecule has 2 atom stereocenters. The molecule has 20 heavy (non-hydrogen) atoms. The predicted molar refractivity (Wildman–Crippen MR) is 83.4 cm³/mol. The topological polar surface area (TPSA) is 6.48 Å². The summed E-state index contributed by atoms with van der Waals surface area (Å²) in [6, 6.07) is 1.23. The van der Waals surface area contributed by atoms with E-state index in [1.54, 1.807) is 5.57 Å². The maximum Gasteiger partial charge on any atom is 0.0872 e. The van der Waals surface area contributed by atoms with Crippen LogP contribution in [0, 0.1) is 5.92 Å². The Morgan fingerprint density at radius 1 is 1.15 bits per heavy atom. The second-order valence-electron chi connectivity index (χ2n) is 6.91. The van der Waals surface area contributed by atoms with E-state index in [1.165, 1.54) is 6.42 Å². The average Bonchev–Trinajstić information content (AvgIpc) is 2.93. The van der Waals surface area contributed by atoms with Gasteiger partial charge < -0.3 is 0 Å². The molecule has 0 radical (unpaired) electrons. The molecule has 2 fully saturated rings. The lowest BCUT2D eigenvalue weighted by molar-refractivity contribution is 0.250. The SMILES string of the molecule is CC(C)C1C/C(=C\CCC2C/C(=C/F)CN2C)CN1C. The van der Waals surface area contributed by atoms with Crippen molar-refractivity contribution in [2.45, 2.75) is 51.6 Å². The third-order valence-electron chi connectivity index (χ3n) is 4.92. The summed E-state index contributed by atoms with van der Waals surface area (Å²) in [5.74, 6) is 0.726. The summed E-state index contributed by atoms with van der Waals surface area (Å²) < 4.78 is 12.6. The van der Waals surface area contributed by atoms with Gasteiger partial charge in [-0.2, -0.15) is 0 Å². The highest BCUT2D eigenvalue weighted by Gasteiger charge is 2.27. The minimum atomic E-state index is 0.522. The van der Waals surface area contributed by atoms with Crippen molar-refractivity contribution in [3.63, 3.8) is 0 Å². The van der Waals surface area contributed by atoms with Crippen LogP contribution in [-0.2, 0) is 0 Å². The molecule has 2 rings (SSSR count). The minimum Gasteiger partial charge on any atom is -0.299 e. The monoisotopic (exact) mass is 280 g/mol. The van der Waals surface area contributed by atoms with E-state index in [-0.39, 0.29) is 0 Å². The van der Waals surface area contributed by atoms with Crippen LogP contribution in [0.1, 0.15) is 39.5 Å². The highest BCUT2D eigenvalue weighted by Crippen LogP contribution is 2.28. The third kappa shape index (κ3) is 3.70. The van der Waals surface area contributed by atoms with Gasteiger partial charge in [0.2, 0.25) is 0 Å². The Morgan fingerprint density at radius 2 is 1.85 bits per heavy atom. The molecule has 0 bridgehead atoms. The molecule has 0 amide bonds. The number of nitrogens with zero attached hydrogens (tertiary/aromatic N) is 2. The molecule has 0 N–H and O–H groups in total. The van der Waals surface area contributed by atoms with Gasteiger partial charge in [0.15, 0.2) is 0 Å². The van der Waals surface area contributed by atoms with Crippen molar-refractivity contribution in [3.8, 4) is 0 Å². The van der Waals surface area contributed by atoms with E-state index in [2.05, 4.69) is 43.8 Å². The summed E-state index contributed by atoms with van der Waals surface area (Å²) in [6.45, 7) is 6.54. The summed E-state index contributed by atoms with van der Waals surface area (Å²) in [5.41, 5.74) is 2.54. The Labute approximate surface area is 123 Å². The molecule has 114 valence electrons. The van der Waals surface area contributed by atoms with Crippen LogP contribution in [-0.4, -0.2) is 49.1 Å². The lowest BCUT2D eigenvalue weighted by Crippen LogP contribution is -2.29. The molecule has 3 heteroatoms. The van der Waals surface area contributed by atoms with Crippen LogP contribution in [0.15, 0.2) is 23.6 Å². The summed E-state index contributed by atoms with van der Waals surface area (Å²) >= 11 is 0. The van der Waals surface area contributed by atoms with Gasteiger partial charge in [-0.3, -0.25) is 9.80 Å². The van der Waals surface area contributed by atoms with Gasteiger partial charge >= 0.3 is 0 Å². The number of likely N-dealkylation sites (tertiary alicyclic amines) is 2. The maximum absolute atomic E-state index is 12.6. The Balaban J connectivity index is 1.80. The second kappa shape index (κ2) is 6.86. The van der Waals surface area contributed by atoms with Crippen LogP contribution >= 0.6 is 0 Å². The smallest absolute Gasteiger partial charge is 0.0872 e. The van der Waals surface area contributed by atoms with E-state index >= 15 is 0 Å². The zero-order valence-corrected chi connectivity index (χ0v) is 13.4. The van der Waals surface area contributed by atoms with Crippen molar-refractivity contribution < 1.29 is 4.39 Å². The molecular formula is C17H29FN2. The van der Waals surface area contributed by atoms with Gasteiger partial charge in [-0.05, 0) is 51.3 Å². The largest absolute Gasteiger partial charge is 0.299 e. The number of likely N-dealkylation sites (N-methyl/N-ethyl adjacent to an activating group) is 2. The zero-order chi connectivity index (χ0) is 14.7. The van der Waals surface area contributed by atoms with Crippen LogP contribution in [0.5, 0.6) is 0 Å². The highest BCUT2D eigenvalue weighted by molar-refractivity contribution is 5.14. The molecule has 2 nitrogen and oxygen atoms in total. The Morgan fingerprint density at radius 3 is 2.40 bits per heavy atom. The van der Waals surface area contributed by atoms with E-state index < -0.39 is 0 Å². The molecule has 0 aromatic heterocycles. The molecule has 2 aliphatic rings. The van der Waals surface area contributed by atoms with Gasteiger partial charge in [0.25, 0.3) is 0 Å². The molecule has 0 saturated carbocycles. The molecule has 0 aromatic rings. The van der Waals surface area contributed by atoms with E-state index in [4.69, 9.17) is 0 Å². The summed E-state index contributed by atoms with van der Waals surface area (Å²) in [4.78, 5) is 4.75. The van der Waals surface area contributed by atoms with Gasteiger partial charge in [-0.25, -0.2) is 4.39 Å².